The van der Waals surface area contributed by atoms with Crippen LogP contribution >= 0.6 is 0 Å². The summed E-state index contributed by atoms with van der Waals surface area (Å²) in [5.74, 6) is 0.00308. The van der Waals surface area contributed by atoms with Crippen LogP contribution in [-0.4, -0.2) is 15.2 Å². The van der Waals surface area contributed by atoms with Crippen LogP contribution in [0.15, 0.2) is 77.6 Å². The molecule has 0 atom stereocenters. The molecule has 0 aliphatic heterocycles. The molecule has 7 rings (SSSR count). The van der Waals surface area contributed by atoms with E-state index in [4.69, 9.17) is 4.98 Å². The number of hydrogen-bond acceptors (Lipinski definition) is 3. The fraction of sp³-hybridized carbons (Fsp3) is 0.138. The Labute approximate surface area is 191 Å². The van der Waals surface area contributed by atoms with Gasteiger partial charge in [-0.3, -0.25) is 14.0 Å². The van der Waals surface area contributed by atoms with Crippen LogP contribution in [0.2, 0.25) is 0 Å². The van der Waals surface area contributed by atoms with E-state index in [1.807, 2.05) is 82.3 Å². The molecular formula is C29H24N2O2. The number of para-hydroxylation sites is 2. The highest BCUT2D eigenvalue weighted by molar-refractivity contribution is 6.31. The van der Waals surface area contributed by atoms with E-state index in [0.29, 0.717) is 22.2 Å². The Morgan fingerprint density at radius 2 is 1.24 bits per heavy atom. The average Bonchev–Trinajstić information content (AvgIpc) is 3.28. The van der Waals surface area contributed by atoms with Crippen molar-refractivity contribution in [3.8, 4) is 11.1 Å². The average molecular weight is 433 g/mol. The van der Waals surface area contributed by atoms with Crippen molar-refractivity contribution in [3.05, 3.63) is 94.3 Å². The summed E-state index contributed by atoms with van der Waals surface area (Å²) in [5, 5.41) is 3.19. The molecule has 0 radical (unpaired) electrons. The molecule has 0 N–H and O–H groups in total. The Balaban J connectivity index is 0.000000544. The van der Waals surface area contributed by atoms with Crippen molar-refractivity contribution in [1.82, 2.24) is 9.38 Å². The van der Waals surface area contributed by atoms with Crippen molar-refractivity contribution in [2.75, 3.05) is 0 Å². The summed E-state index contributed by atoms with van der Waals surface area (Å²) in [4.78, 5) is 31.4. The lowest BCUT2D eigenvalue weighted by molar-refractivity contribution is 0.104. The highest BCUT2D eigenvalue weighted by atomic mass is 16.1. The van der Waals surface area contributed by atoms with E-state index in [-0.39, 0.29) is 11.3 Å². The Morgan fingerprint density at radius 1 is 0.606 bits per heavy atom. The number of pyridine rings is 1. The van der Waals surface area contributed by atoms with E-state index >= 15 is 0 Å². The zero-order valence-electron chi connectivity index (χ0n) is 19.1. The molecule has 1 aliphatic carbocycles. The van der Waals surface area contributed by atoms with Crippen LogP contribution in [0.25, 0.3) is 49.4 Å². The summed E-state index contributed by atoms with van der Waals surface area (Å²) in [5.41, 5.74) is 5.39. The summed E-state index contributed by atoms with van der Waals surface area (Å²) in [6.07, 6.45) is 0. The molecule has 1 aliphatic rings. The van der Waals surface area contributed by atoms with Gasteiger partial charge in [-0.1, -0.05) is 70.2 Å². The molecule has 0 fully saturated rings. The number of nitrogens with zero attached hydrogens (tertiary/aromatic N) is 2. The summed E-state index contributed by atoms with van der Waals surface area (Å²) < 4.78 is 1.69. The molecule has 0 amide bonds. The molecule has 4 heteroatoms. The van der Waals surface area contributed by atoms with E-state index in [9.17, 15) is 9.59 Å². The zero-order chi connectivity index (χ0) is 23.3. The highest BCUT2D eigenvalue weighted by Gasteiger charge is 2.27. The second-order valence-electron chi connectivity index (χ2n) is 7.51. The molecule has 0 bridgehead atoms. The van der Waals surface area contributed by atoms with Crippen LogP contribution in [0.3, 0.4) is 0 Å². The van der Waals surface area contributed by atoms with Gasteiger partial charge in [0.1, 0.15) is 5.65 Å². The molecule has 0 saturated carbocycles. The molecule has 0 spiro atoms. The number of imidazole rings is 1. The van der Waals surface area contributed by atoms with Gasteiger partial charge in [-0.25, -0.2) is 4.98 Å². The number of aromatic nitrogens is 2. The van der Waals surface area contributed by atoms with Crippen LogP contribution in [0, 0.1) is 0 Å². The van der Waals surface area contributed by atoms with E-state index < -0.39 is 0 Å². The SMILES string of the molecule is CC.CC.O=C1c2ccccc2-c2ccc3c4c2c1ccc4c(=O)n1c2ccccc2nc31. The number of rotatable bonds is 0. The maximum atomic E-state index is 13.5. The standard InChI is InChI=1S/C25H12N2O2.2C2H6/c28-23-15-6-2-1-5-13(15)14-9-11-17-22-18(12-10-16(23)21(14)22)25(29)27-20-8-4-3-7-19(20)26-24(17)27;2*1-2/h1-12H;2*1-2H3. The fourth-order valence-corrected chi connectivity index (χ4v) is 4.87. The van der Waals surface area contributed by atoms with Gasteiger partial charge in [-0.15, -0.1) is 0 Å². The van der Waals surface area contributed by atoms with Crippen molar-refractivity contribution in [3.63, 3.8) is 0 Å². The normalized spacial score (nSPS) is 11.8. The number of hydrogen-bond donors (Lipinski definition) is 0. The number of ketones is 1. The van der Waals surface area contributed by atoms with Gasteiger partial charge in [0.15, 0.2) is 5.78 Å². The minimum Gasteiger partial charge on any atom is -0.289 e. The third kappa shape index (κ3) is 2.67. The number of carbonyl (C=O) groups is 1. The smallest absolute Gasteiger partial charge is 0.264 e. The number of fused-ring (bicyclic) bond motifs is 6. The van der Waals surface area contributed by atoms with Gasteiger partial charge in [0.2, 0.25) is 0 Å². The van der Waals surface area contributed by atoms with Crippen LogP contribution < -0.4 is 5.56 Å². The highest BCUT2D eigenvalue weighted by Crippen LogP contribution is 2.43. The molecule has 2 aromatic heterocycles. The van der Waals surface area contributed by atoms with E-state index in [0.717, 1.165) is 38.3 Å². The Bertz CT molecular complexity index is 1740. The van der Waals surface area contributed by atoms with Crippen molar-refractivity contribution in [1.29, 1.82) is 0 Å². The molecule has 4 aromatic carbocycles. The lowest BCUT2D eigenvalue weighted by atomic mass is 9.81. The summed E-state index contributed by atoms with van der Waals surface area (Å²) in [6, 6.07) is 23.0. The summed E-state index contributed by atoms with van der Waals surface area (Å²) in [6.45, 7) is 8.00. The minimum atomic E-state index is -0.101. The van der Waals surface area contributed by atoms with Crippen molar-refractivity contribution >= 4 is 44.0 Å². The molecule has 2 heterocycles. The first-order valence-electron chi connectivity index (χ1n) is 11.5. The first-order valence-corrected chi connectivity index (χ1v) is 11.5. The molecule has 4 nitrogen and oxygen atoms in total. The Kier molecular flexibility index (Phi) is 4.94. The minimum absolute atomic E-state index is 0.00308. The van der Waals surface area contributed by atoms with Crippen LogP contribution in [-0.2, 0) is 0 Å². The van der Waals surface area contributed by atoms with E-state index in [2.05, 4.69) is 6.07 Å². The third-order valence-corrected chi connectivity index (χ3v) is 6.10. The Morgan fingerprint density at radius 3 is 2.03 bits per heavy atom. The lowest BCUT2D eigenvalue weighted by Gasteiger charge is -2.21. The number of carbonyl (C=O) groups excluding carboxylic acids is 1. The molecular weight excluding hydrogens is 408 g/mol. The van der Waals surface area contributed by atoms with Gasteiger partial charge in [-0.05, 0) is 41.5 Å². The first kappa shape index (κ1) is 20.8. The maximum absolute atomic E-state index is 13.5. The van der Waals surface area contributed by atoms with Gasteiger partial charge >= 0.3 is 0 Å². The first-order chi connectivity index (χ1) is 16.2. The predicted molar refractivity (Wildman–Crippen MR) is 137 cm³/mol. The van der Waals surface area contributed by atoms with E-state index in [1.54, 1.807) is 16.5 Å². The second-order valence-corrected chi connectivity index (χ2v) is 7.51. The summed E-state index contributed by atoms with van der Waals surface area (Å²) >= 11 is 0. The van der Waals surface area contributed by atoms with Gasteiger partial charge in [-0.2, -0.15) is 0 Å². The van der Waals surface area contributed by atoms with Crippen molar-refractivity contribution in [2.45, 2.75) is 27.7 Å². The largest absolute Gasteiger partial charge is 0.289 e. The van der Waals surface area contributed by atoms with E-state index in [1.165, 1.54) is 0 Å². The second kappa shape index (κ2) is 7.82. The monoisotopic (exact) mass is 432 g/mol. The van der Waals surface area contributed by atoms with Crippen LogP contribution in [0.4, 0.5) is 0 Å². The van der Waals surface area contributed by atoms with Gasteiger partial charge in [0.25, 0.3) is 5.56 Å². The lowest BCUT2D eigenvalue weighted by Crippen LogP contribution is -2.16. The van der Waals surface area contributed by atoms with Crippen molar-refractivity contribution < 1.29 is 4.79 Å². The topological polar surface area (TPSA) is 51.4 Å². The van der Waals surface area contributed by atoms with Crippen LogP contribution in [0.1, 0.15) is 43.6 Å². The molecule has 162 valence electrons. The van der Waals surface area contributed by atoms with Gasteiger partial charge < -0.3 is 0 Å². The quantitative estimate of drug-likeness (QED) is 0.263. The molecule has 0 unspecified atom stereocenters. The van der Waals surface area contributed by atoms with Gasteiger partial charge in [0.05, 0.1) is 11.0 Å². The summed E-state index contributed by atoms with van der Waals surface area (Å²) in [7, 11) is 0. The zero-order valence-corrected chi connectivity index (χ0v) is 19.1. The maximum Gasteiger partial charge on any atom is 0.264 e. The Hall–Kier alpha value is -4.05. The molecule has 6 aromatic rings. The van der Waals surface area contributed by atoms with Crippen LogP contribution in [0.5, 0.6) is 0 Å². The third-order valence-electron chi connectivity index (χ3n) is 6.10. The molecule has 0 saturated heterocycles. The fourth-order valence-electron chi connectivity index (χ4n) is 4.87. The predicted octanol–water partition coefficient (Wildman–Crippen LogP) is 6.86. The van der Waals surface area contributed by atoms with Crippen molar-refractivity contribution in [2.24, 2.45) is 0 Å². The number of benzene rings is 4. The van der Waals surface area contributed by atoms with Gasteiger partial charge in [0, 0.05) is 32.7 Å². The molecule has 33 heavy (non-hydrogen) atoms.